The molecular weight excluding hydrogens is 239 g/mol. The average molecular weight is 250 g/mol. The number of rotatable bonds is 2. The summed E-state index contributed by atoms with van der Waals surface area (Å²) in [6.45, 7) is 0. The molecule has 3 aromatic rings. The monoisotopic (exact) mass is 250 g/mol. The van der Waals surface area contributed by atoms with Crippen LogP contribution in [0.2, 0.25) is 0 Å². The molecule has 3 rings (SSSR count). The zero-order valence-electron chi connectivity index (χ0n) is 10.1. The molecule has 0 aliphatic rings. The highest BCUT2D eigenvalue weighted by molar-refractivity contribution is 5.67. The van der Waals surface area contributed by atoms with Gasteiger partial charge < -0.3 is 0 Å². The second-order valence-electron chi connectivity index (χ2n) is 4.16. The molecule has 0 N–H and O–H groups in total. The number of hydrogen-bond acceptors (Lipinski definition) is 2. The van der Waals surface area contributed by atoms with E-state index in [0.717, 1.165) is 16.7 Å². The zero-order chi connectivity index (χ0) is 13.1. The van der Waals surface area contributed by atoms with Gasteiger partial charge in [-0.05, 0) is 29.3 Å². The molecule has 3 heteroatoms. The highest BCUT2D eigenvalue weighted by atomic mass is 19.1. The van der Waals surface area contributed by atoms with Gasteiger partial charge in [-0.2, -0.15) is 0 Å². The van der Waals surface area contributed by atoms with Crippen LogP contribution in [0.5, 0.6) is 0 Å². The maximum absolute atomic E-state index is 12.9. The molecule has 0 saturated heterocycles. The summed E-state index contributed by atoms with van der Waals surface area (Å²) in [6.07, 6.45) is 3.44. The van der Waals surface area contributed by atoms with E-state index in [1.807, 2.05) is 24.3 Å². The molecule has 0 fully saturated rings. The van der Waals surface area contributed by atoms with Crippen LogP contribution in [-0.2, 0) is 0 Å². The Labute approximate surface area is 110 Å². The summed E-state index contributed by atoms with van der Waals surface area (Å²) in [7, 11) is 0. The molecule has 1 heterocycles. The first-order chi connectivity index (χ1) is 9.33. The van der Waals surface area contributed by atoms with Crippen LogP contribution in [0, 0.1) is 5.82 Å². The van der Waals surface area contributed by atoms with E-state index in [4.69, 9.17) is 0 Å². The van der Waals surface area contributed by atoms with Crippen molar-refractivity contribution < 1.29 is 4.39 Å². The molecule has 19 heavy (non-hydrogen) atoms. The maximum atomic E-state index is 12.9. The van der Waals surface area contributed by atoms with Crippen molar-refractivity contribution in [1.82, 2.24) is 9.97 Å². The van der Waals surface area contributed by atoms with Gasteiger partial charge in [0.05, 0.1) is 0 Å². The molecule has 0 spiro atoms. The summed E-state index contributed by atoms with van der Waals surface area (Å²) < 4.78 is 12.9. The molecule has 0 amide bonds. The lowest BCUT2D eigenvalue weighted by molar-refractivity contribution is 0.628. The quantitative estimate of drug-likeness (QED) is 0.688. The van der Waals surface area contributed by atoms with Crippen LogP contribution in [0.25, 0.3) is 22.5 Å². The second kappa shape index (κ2) is 4.98. The molecule has 0 unspecified atom stereocenters. The Balaban J connectivity index is 1.93. The van der Waals surface area contributed by atoms with Gasteiger partial charge in [0.1, 0.15) is 5.82 Å². The Morgan fingerprint density at radius 2 is 1.11 bits per heavy atom. The standard InChI is InChI=1S/C16H11FN2/c17-15-8-6-13(7-9-15)12-2-4-14(5-3-12)16-18-10-1-11-19-16/h1-11H. The van der Waals surface area contributed by atoms with Crippen molar-refractivity contribution in [3.63, 3.8) is 0 Å². The molecule has 0 radical (unpaired) electrons. The minimum Gasteiger partial charge on any atom is -0.237 e. The van der Waals surface area contributed by atoms with Crippen molar-refractivity contribution in [1.29, 1.82) is 0 Å². The topological polar surface area (TPSA) is 25.8 Å². The van der Waals surface area contributed by atoms with Crippen LogP contribution in [-0.4, -0.2) is 9.97 Å². The van der Waals surface area contributed by atoms with Crippen LogP contribution in [0.15, 0.2) is 67.0 Å². The lowest BCUT2D eigenvalue weighted by Crippen LogP contribution is -1.86. The number of nitrogens with zero attached hydrogens (tertiary/aromatic N) is 2. The van der Waals surface area contributed by atoms with E-state index in [1.165, 1.54) is 12.1 Å². The summed E-state index contributed by atoms with van der Waals surface area (Å²) in [5.41, 5.74) is 2.99. The number of halogens is 1. The summed E-state index contributed by atoms with van der Waals surface area (Å²) in [5, 5.41) is 0. The Morgan fingerprint density at radius 3 is 1.68 bits per heavy atom. The third kappa shape index (κ3) is 2.50. The van der Waals surface area contributed by atoms with Gasteiger partial charge in [0.2, 0.25) is 0 Å². The van der Waals surface area contributed by atoms with Crippen molar-refractivity contribution >= 4 is 0 Å². The zero-order valence-corrected chi connectivity index (χ0v) is 10.1. The van der Waals surface area contributed by atoms with E-state index >= 15 is 0 Å². The van der Waals surface area contributed by atoms with E-state index in [-0.39, 0.29) is 5.82 Å². The molecular formula is C16H11FN2. The van der Waals surface area contributed by atoms with Crippen LogP contribution in [0.4, 0.5) is 4.39 Å². The van der Waals surface area contributed by atoms with Gasteiger partial charge in [-0.25, -0.2) is 14.4 Å². The fraction of sp³-hybridized carbons (Fsp3) is 0. The van der Waals surface area contributed by atoms with Gasteiger partial charge >= 0.3 is 0 Å². The highest BCUT2D eigenvalue weighted by Crippen LogP contribution is 2.22. The predicted molar refractivity (Wildman–Crippen MR) is 72.9 cm³/mol. The minimum absolute atomic E-state index is 0.224. The second-order valence-corrected chi connectivity index (χ2v) is 4.16. The molecule has 2 nitrogen and oxygen atoms in total. The smallest absolute Gasteiger partial charge is 0.159 e. The Hall–Kier alpha value is -2.55. The Morgan fingerprint density at radius 1 is 0.632 bits per heavy atom. The SMILES string of the molecule is Fc1ccc(-c2ccc(-c3ncccn3)cc2)cc1. The summed E-state index contributed by atoms with van der Waals surface area (Å²) >= 11 is 0. The first-order valence-corrected chi connectivity index (χ1v) is 5.96. The summed E-state index contributed by atoms with van der Waals surface area (Å²) in [6, 6.07) is 16.1. The van der Waals surface area contributed by atoms with Gasteiger partial charge in [-0.1, -0.05) is 36.4 Å². The molecule has 92 valence electrons. The molecule has 0 saturated carbocycles. The first kappa shape index (κ1) is 11.5. The number of aromatic nitrogens is 2. The van der Waals surface area contributed by atoms with E-state index < -0.39 is 0 Å². The molecule has 0 bridgehead atoms. The third-order valence-electron chi connectivity index (χ3n) is 2.89. The van der Waals surface area contributed by atoms with E-state index in [0.29, 0.717) is 5.82 Å². The van der Waals surface area contributed by atoms with Crippen LogP contribution >= 0.6 is 0 Å². The minimum atomic E-state index is -0.224. The van der Waals surface area contributed by atoms with E-state index in [9.17, 15) is 4.39 Å². The van der Waals surface area contributed by atoms with Crippen LogP contribution < -0.4 is 0 Å². The average Bonchev–Trinajstić information content (AvgIpc) is 2.49. The summed E-state index contributed by atoms with van der Waals surface area (Å²) in [5.74, 6) is 0.478. The van der Waals surface area contributed by atoms with Crippen molar-refractivity contribution in [2.24, 2.45) is 0 Å². The van der Waals surface area contributed by atoms with Gasteiger partial charge in [0.25, 0.3) is 0 Å². The van der Waals surface area contributed by atoms with Gasteiger partial charge in [-0.3, -0.25) is 0 Å². The lowest BCUT2D eigenvalue weighted by atomic mass is 10.0. The van der Waals surface area contributed by atoms with Gasteiger partial charge in [0, 0.05) is 18.0 Å². The van der Waals surface area contributed by atoms with E-state index in [1.54, 1.807) is 30.6 Å². The Kier molecular flexibility index (Phi) is 3.02. The third-order valence-corrected chi connectivity index (χ3v) is 2.89. The van der Waals surface area contributed by atoms with Crippen molar-refractivity contribution in [3.8, 4) is 22.5 Å². The van der Waals surface area contributed by atoms with Crippen LogP contribution in [0.1, 0.15) is 0 Å². The fourth-order valence-electron chi connectivity index (χ4n) is 1.90. The van der Waals surface area contributed by atoms with Crippen LogP contribution in [0.3, 0.4) is 0 Å². The van der Waals surface area contributed by atoms with Crippen molar-refractivity contribution in [3.05, 3.63) is 72.8 Å². The fourth-order valence-corrected chi connectivity index (χ4v) is 1.90. The normalized spacial score (nSPS) is 10.4. The van der Waals surface area contributed by atoms with Crippen molar-refractivity contribution in [2.75, 3.05) is 0 Å². The van der Waals surface area contributed by atoms with E-state index in [2.05, 4.69) is 9.97 Å². The molecule has 1 aromatic heterocycles. The summed E-state index contributed by atoms with van der Waals surface area (Å²) in [4.78, 5) is 8.40. The molecule has 2 aromatic carbocycles. The molecule has 0 aliphatic heterocycles. The largest absolute Gasteiger partial charge is 0.237 e. The highest BCUT2D eigenvalue weighted by Gasteiger charge is 2.01. The van der Waals surface area contributed by atoms with Gasteiger partial charge in [0.15, 0.2) is 5.82 Å². The lowest BCUT2D eigenvalue weighted by Gasteiger charge is -2.03. The number of benzene rings is 2. The molecule has 0 atom stereocenters. The maximum Gasteiger partial charge on any atom is 0.159 e. The number of hydrogen-bond donors (Lipinski definition) is 0. The Bertz CT molecular complexity index is 661. The van der Waals surface area contributed by atoms with Gasteiger partial charge in [-0.15, -0.1) is 0 Å². The van der Waals surface area contributed by atoms with Crippen molar-refractivity contribution in [2.45, 2.75) is 0 Å². The molecule has 0 aliphatic carbocycles. The first-order valence-electron chi connectivity index (χ1n) is 5.96. The predicted octanol–water partition coefficient (Wildman–Crippen LogP) is 3.95.